The van der Waals surface area contributed by atoms with Crippen LogP contribution in [-0.2, 0) is 6.54 Å². The van der Waals surface area contributed by atoms with Crippen molar-refractivity contribution in [3.63, 3.8) is 0 Å². The molecule has 0 bridgehead atoms. The van der Waals surface area contributed by atoms with Crippen LogP contribution in [0, 0.1) is 11.6 Å². The smallest absolute Gasteiger partial charge is 0.128 e. The zero-order valence-corrected chi connectivity index (χ0v) is 12.0. The van der Waals surface area contributed by atoms with Crippen molar-refractivity contribution < 1.29 is 8.78 Å². The largest absolute Gasteiger partial charge is 0.319 e. The Morgan fingerprint density at radius 2 is 2.16 bits per heavy atom. The molecule has 0 aliphatic rings. The Morgan fingerprint density at radius 3 is 2.84 bits per heavy atom. The second kappa shape index (κ2) is 5.79. The molecule has 0 amide bonds. The first-order valence-corrected chi connectivity index (χ1v) is 6.75. The second-order valence-electron chi connectivity index (χ2n) is 4.24. The van der Waals surface area contributed by atoms with Gasteiger partial charge in [0, 0.05) is 12.1 Å². The summed E-state index contributed by atoms with van der Waals surface area (Å²) in [4.78, 5) is 0. The number of hydrogen-bond donors (Lipinski definition) is 1. The van der Waals surface area contributed by atoms with E-state index in [1.54, 1.807) is 10.9 Å². The summed E-state index contributed by atoms with van der Waals surface area (Å²) in [7, 11) is 0. The first kappa shape index (κ1) is 14.1. The van der Waals surface area contributed by atoms with Crippen molar-refractivity contribution in [3.05, 3.63) is 51.8 Å². The molecule has 0 aliphatic heterocycles. The number of halogens is 3. The molecule has 0 saturated heterocycles. The van der Waals surface area contributed by atoms with Crippen molar-refractivity contribution >= 4 is 15.9 Å². The molecule has 19 heavy (non-hydrogen) atoms. The predicted molar refractivity (Wildman–Crippen MR) is 72.6 cm³/mol. The molecule has 1 aromatic carbocycles. The van der Waals surface area contributed by atoms with Crippen LogP contribution >= 0.6 is 15.9 Å². The number of rotatable bonds is 4. The summed E-state index contributed by atoms with van der Waals surface area (Å²) in [5.41, 5.74) is 6.83. The van der Waals surface area contributed by atoms with Gasteiger partial charge in [0.25, 0.3) is 0 Å². The number of benzene rings is 1. The Morgan fingerprint density at radius 1 is 1.42 bits per heavy atom. The molecule has 102 valence electrons. The van der Waals surface area contributed by atoms with Crippen LogP contribution in [0.1, 0.15) is 30.6 Å². The SMILES string of the molecule is CCCn1ncc(Br)c1C(N)c1cc(F)ccc1F. The number of nitrogens with two attached hydrogens (primary N) is 1. The highest BCUT2D eigenvalue weighted by Crippen LogP contribution is 2.28. The highest BCUT2D eigenvalue weighted by atomic mass is 79.9. The van der Waals surface area contributed by atoms with E-state index in [-0.39, 0.29) is 5.56 Å². The van der Waals surface area contributed by atoms with Gasteiger partial charge >= 0.3 is 0 Å². The van der Waals surface area contributed by atoms with Crippen molar-refractivity contribution in [2.24, 2.45) is 5.73 Å². The maximum absolute atomic E-state index is 13.8. The lowest BCUT2D eigenvalue weighted by Gasteiger charge is -2.16. The fourth-order valence-corrected chi connectivity index (χ4v) is 2.51. The third kappa shape index (κ3) is 2.84. The van der Waals surface area contributed by atoms with Crippen molar-refractivity contribution in [3.8, 4) is 0 Å². The van der Waals surface area contributed by atoms with E-state index in [4.69, 9.17) is 5.73 Å². The van der Waals surface area contributed by atoms with Crippen molar-refractivity contribution in [1.82, 2.24) is 9.78 Å². The van der Waals surface area contributed by atoms with Crippen molar-refractivity contribution in [2.75, 3.05) is 0 Å². The van der Waals surface area contributed by atoms with Crippen LogP contribution in [0.25, 0.3) is 0 Å². The molecule has 0 radical (unpaired) electrons. The van der Waals surface area contributed by atoms with Crippen molar-refractivity contribution in [2.45, 2.75) is 25.9 Å². The van der Waals surface area contributed by atoms with Crippen LogP contribution in [-0.4, -0.2) is 9.78 Å². The predicted octanol–water partition coefficient (Wildman–Crippen LogP) is 3.38. The molecule has 1 heterocycles. The summed E-state index contributed by atoms with van der Waals surface area (Å²) < 4.78 is 29.4. The topological polar surface area (TPSA) is 43.8 Å². The first-order valence-electron chi connectivity index (χ1n) is 5.96. The molecular weight excluding hydrogens is 316 g/mol. The fraction of sp³-hybridized carbons (Fsp3) is 0.308. The Hall–Kier alpha value is -1.27. The average molecular weight is 330 g/mol. The average Bonchev–Trinajstić information content (AvgIpc) is 2.73. The van der Waals surface area contributed by atoms with Gasteiger partial charge in [-0.1, -0.05) is 6.92 Å². The molecule has 0 spiro atoms. The molecule has 0 fully saturated rings. The van der Waals surface area contributed by atoms with Crippen LogP contribution in [0.2, 0.25) is 0 Å². The molecule has 0 aliphatic carbocycles. The summed E-state index contributed by atoms with van der Waals surface area (Å²) in [6, 6.07) is 2.51. The standard InChI is InChI=1S/C13H14BrF2N3/c1-2-5-19-13(10(14)7-18-19)12(17)9-6-8(15)3-4-11(9)16/h3-4,6-7,12H,2,5,17H2,1H3. The number of hydrogen-bond acceptors (Lipinski definition) is 2. The Labute approximate surface area is 118 Å². The molecule has 1 unspecified atom stereocenters. The van der Waals surface area contributed by atoms with E-state index in [0.29, 0.717) is 16.7 Å². The molecule has 1 atom stereocenters. The van der Waals surface area contributed by atoms with Gasteiger partial charge < -0.3 is 5.73 Å². The molecule has 2 rings (SSSR count). The zero-order valence-electron chi connectivity index (χ0n) is 10.4. The Balaban J connectivity index is 2.46. The van der Waals surface area contributed by atoms with E-state index in [1.807, 2.05) is 6.92 Å². The van der Waals surface area contributed by atoms with Crippen LogP contribution in [0.4, 0.5) is 8.78 Å². The van der Waals surface area contributed by atoms with Gasteiger partial charge in [0.05, 0.1) is 22.4 Å². The van der Waals surface area contributed by atoms with Crippen LogP contribution in [0.5, 0.6) is 0 Å². The lowest BCUT2D eigenvalue weighted by molar-refractivity contribution is 0.538. The van der Waals surface area contributed by atoms with E-state index in [1.165, 1.54) is 0 Å². The summed E-state index contributed by atoms with van der Waals surface area (Å²) in [6.45, 7) is 2.68. The number of nitrogens with zero attached hydrogens (tertiary/aromatic N) is 2. The molecule has 0 saturated carbocycles. The van der Waals surface area contributed by atoms with E-state index in [2.05, 4.69) is 21.0 Å². The van der Waals surface area contributed by atoms with Crippen LogP contribution < -0.4 is 5.73 Å². The lowest BCUT2D eigenvalue weighted by atomic mass is 10.0. The van der Waals surface area contributed by atoms with Gasteiger partial charge in [-0.2, -0.15) is 5.10 Å². The monoisotopic (exact) mass is 329 g/mol. The van der Waals surface area contributed by atoms with Crippen LogP contribution in [0.15, 0.2) is 28.9 Å². The maximum Gasteiger partial charge on any atom is 0.128 e. The van der Waals surface area contributed by atoms with E-state index in [9.17, 15) is 8.78 Å². The molecule has 1 aromatic heterocycles. The van der Waals surface area contributed by atoms with Gasteiger partial charge in [-0.25, -0.2) is 8.78 Å². The first-order chi connectivity index (χ1) is 9.04. The minimum absolute atomic E-state index is 0.124. The van der Waals surface area contributed by atoms with Crippen molar-refractivity contribution in [1.29, 1.82) is 0 Å². The van der Waals surface area contributed by atoms with E-state index < -0.39 is 17.7 Å². The minimum atomic E-state index is -0.765. The fourth-order valence-electron chi connectivity index (χ4n) is 1.97. The quantitative estimate of drug-likeness (QED) is 0.934. The van der Waals surface area contributed by atoms with Gasteiger partial charge in [-0.05, 0) is 40.5 Å². The van der Waals surface area contributed by atoms with E-state index in [0.717, 1.165) is 24.6 Å². The zero-order chi connectivity index (χ0) is 14.0. The van der Waals surface area contributed by atoms with Gasteiger partial charge in [0.1, 0.15) is 11.6 Å². The highest BCUT2D eigenvalue weighted by molar-refractivity contribution is 9.10. The van der Waals surface area contributed by atoms with Crippen LogP contribution in [0.3, 0.4) is 0 Å². The normalized spacial score (nSPS) is 12.7. The summed E-state index contributed by atoms with van der Waals surface area (Å²) in [5.74, 6) is -1.03. The second-order valence-corrected chi connectivity index (χ2v) is 5.10. The summed E-state index contributed by atoms with van der Waals surface area (Å²) >= 11 is 3.35. The summed E-state index contributed by atoms with van der Waals surface area (Å²) in [6.07, 6.45) is 2.49. The van der Waals surface area contributed by atoms with Gasteiger partial charge in [-0.15, -0.1) is 0 Å². The van der Waals surface area contributed by atoms with Gasteiger partial charge in [0.2, 0.25) is 0 Å². The third-order valence-electron chi connectivity index (χ3n) is 2.86. The molecule has 2 aromatic rings. The van der Waals surface area contributed by atoms with Gasteiger partial charge in [0.15, 0.2) is 0 Å². The van der Waals surface area contributed by atoms with Gasteiger partial charge in [-0.3, -0.25) is 4.68 Å². The molecule has 3 nitrogen and oxygen atoms in total. The molecular formula is C13H14BrF2N3. The lowest BCUT2D eigenvalue weighted by Crippen LogP contribution is -2.19. The highest BCUT2D eigenvalue weighted by Gasteiger charge is 2.21. The third-order valence-corrected chi connectivity index (χ3v) is 3.47. The molecule has 6 heteroatoms. The number of aromatic nitrogens is 2. The maximum atomic E-state index is 13.8. The molecule has 2 N–H and O–H groups in total. The Kier molecular flexibility index (Phi) is 4.31. The Bertz CT molecular complexity index is 583. The number of aryl methyl sites for hydroxylation is 1. The summed E-state index contributed by atoms with van der Waals surface area (Å²) in [5, 5.41) is 4.18. The van der Waals surface area contributed by atoms with E-state index >= 15 is 0 Å². The minimum Gasteiger partial charge on any atom is -0.319 e.